The second kappa shape index (κ2) is 13.5. The van der Waals surface area contributed by atoms with Crippen LogP contribution in [0.25, 0.3) is 0 Å². The maximum absolute atomic E-state index is 11.0. The van der Waals surface area contributed by atoms with E-state index in [0.717, 1.165) is 16.7 Å². The largest absolute Gasteiger partial charge is 0.385 e. The average Bonchev–Trinajstić information content (AvgIpc) is 3.21. The minimum absolute atomic E-state index is 0.281. The molecule has 0 aliphatic carbocycles. The predicted molar refractivity (Wildman–Crippen MR) is 132 cm³/mol. The zero-order valence-corrected chi connectivity index (χ0v) is 20.1. The van der Waals surface area contributed by atoms with E-state index in [1.807, 2.05) is 97.9 Å². The molecular weight excluding hydrogens is 444 g/mol. The Hall–Kier alpha value is -2.58. The van der Waals surface area contributed by atoms with Crippen LogP contribution in [0.1, 0.15) is 23.6 Å². The summed E-state index contributed by atoms with van der Waals surface area (Å²) in [5, 5.41) is 11.0. The van der Waals surface area contributed by atoms with Crippen LogP contribution >= 0.6 is 0 Å². The highest BCUT2D eigenvalue weighted by molar-refractivity contribution is 5.15. The van der Waals surface area contributed by atoms with Gasteiger partial charge in [-0.1, -0.05) is 91.0 Å². The number of benzene rings is 3. The summed E-state index contributed by atoms with van der Waals surface area (Å²) in [6.45, 7) is 3.75. The molecule has 1 aliphatic rings. The molecule has 1 N–H and O–H groups in total. The fourth-order valence-electron chi connectivity index (χ4n) is 4.11. The van der Waals surface area contributed by atoms with Gasteiger partial charge in [0.1, 0.15) is 24.4 Å². The van der Waals surface area contributed by atoms with Crippen LogP contribution in [0.2, 0.25) is 0 Å². The lowest BCUT2D eigenvalue weighted by molar-refractivity contribution is -0.189. The van der Waals surface area contributed by atoms with E-state index in [9.17, 15) is 5.11 Å². The molecule has 3 aromatic rings. The normalized spacial score (nSPS) is 22.8. The first-order valence-corrected chi connectivity index (χ1v) is 12.1. The molecule has 1 heterocycles. The lowest BCUT2D eigenvalue weighted by Gasteiger charge is -2.28. The molecule has 4 rings (SSSR count). The van der Waals surface area contributed by atoms with Gasteiger partial charge in [-0.05, 0) is 23.6 Å². The van der Waals surface area contributed by atoms with E-state index in [-0.39, 0.29) is 6.61 Å². The summed E-state index contributed by atoms with van der Waals surface area (Å²) in [5.41, 5.74) is 3.13. The first kappa shape index (κ1) is 25.5. The maximum atomic E-state index is 11.0. The van der Waals surface area contributed by atoms with Crippen LogP contribution in [0.4, 0.5) is 0 Å². The number of hydrogen-bond acceptors (Lipinski definition) is 6. The molecule has 0 saturated carbocycles. The molecule has 1 unspecified atom stereocenters. The third kappa shape index (κ3) is 7.45. The van der Waals surface area contributed by atoms with Gasteiger partial charge >= 0.3 is 0 Å². The second-order valence-corrected chi connectivity index (χ2v) is 8.51. The number of ether oxygens (including phenoxy) is 5. The van der Waals surface area contributed by atoms with Crippen molar-refractivity contribution in [2.45, 2.75) is 57.5 Å². The van der Waals surface area contributed by atoms with Crippen molar-refractivity contribution in [2.75, 3.05) is 13.2 Å². The van der Waals surface area contributed by atoms with Crippen LogP contribution < -0.4 is 0 Å². The fraction of sp³-hybridized carbons (Fsp3) is 0.379. The van der Waals surface area contributed by atoms with Crippen molar-refractivity contribution in [3.63, 3.8) is 0 Å². The van der Waals surface area contributed by atoms with Gasteiger partial charge in [0.05, 0.1) is 26.4 Å². The first-order chi connectivity index (χ1) is 17.2. The van der Waals surface area contributed by atoms with E-state index in [2.05, 4.69) is 0 Å². The van der Waals surface area contributed by atoms with Gasteiger partial charge in [0.2, 0.25) is 0 Å². The molecule has 0 radical (unpaired) electrons. The zero-order chi connectivity index (χ0) is 24.3. The Balaban J connectivity index is 1.48. The van der Waals surface area contributed by atoms with Crippen molar-refractivity contribution in [1.82, 2.24) is 0 Å². The molecule has 3 aromatic carbocycles. The van der Waals surface area contributed by atoms with Gasteiger partial charge in [0.25, 0.3) is 0 Å². The molecule has 186 valence electrons. The lowest BCUT2D eigenvalue weighted by Crippen LogP contribution is -2.44. The highest BCUT2D eigenvalue weighted by Gasteiger charge is 2.49. The molecule has 0 bridgehead atoms. The quantitative estimate of drug-likeness (QED) is 0.390. The number of aliphatic hydroxyl groups is 1. The van der Waals surface area contributed by atoms with Crippen LogP contribution in [-0.2, 0) is 43.5 Å². The first-order valence-electron chi connectivity index (χ1n) is 12.1. The Labute approximate surface area is 207 Å². The average molecular weight is 479 g/mol. The molecule has 0 amide bonds. The van der Waals surface area contributed by atoms with Crippen molar-refractivity contribution < 1.29 is 28.8 Å². The summed E-state index contributed by atoms with van der Waals surface area (Å²) in [7, 11) is 0. The minimum Gasteiger partial charge on any atom is -0.385 e. The Kier molecular flexibility index (Phi) is 9.84. The summed E-state index contributed by atoms with van der Waals surface area (Å²) in [4.78, 5) is 0. The topological polar surface area (TPSA) is 66.4 Å². The van der Waals surface area contributed by atoms with E-state index >= 15 is 0 Å². The SMILES string of the molecule is CCOC1O[C@@H]([C@@H](COCc2ccccc2)OCc2ccccc2)[C@H](OCc2ccccc2)[C@H]1O. The highest BCUT2D eigenvalue weighted by Crippen LogP contribution is 2.30. The molecule has 1 fully saturated rings. The van der Waals surface area contributed by atoms with Gasteiger partial charge in [0, 0.05) is 6.61 Å². The van der Waals surface area contributed by atoms with E-state index < -0.39 is 30.7 Å². The third-order valence-electron chi connectivity index (χ3n) is 5.91. The van der Waals surface area contributed by atoms with Gasteiger partial charge < -0.3 is 28.8 Å². The van der Waals surface area contributed by atoms with E-state index in [1.165, 1.54) is 0 Å². The summed E-state index contributed by atoms with van der Waals surface area (Å²) >= 11 is 0. The van der Waals surface area contributed by atoms with Gasteiger partial charge in [-0.3, -0.25) is 0 Å². The fourth-order valence-corrected chi connectivity index (χ4v) is 4.11. The Morgan fingerprint density at radius 2 is 1.29 bits per heavy atom. The summed E-state index contributed by atoms with van der Waals surface area (Å²) < 4.78 is 30.4. The number of hydrogen-bond donors (Lipinski definition) is 1. The van der Waals surface area contributed by atoms with Crippen molar-refractivity contribution >= 4 is 0 Å². The molecule has 0 spiro atoms. The molecule has 35 heavy (non-hydrogen) atoms. The maximum Gasteiger partial charge on any atom is 0.186 e. The van der Waals surface area contributed by atoms with Crippen molar-refractivity contribution in [3.05, 3.63) is 108 Å². The molecule has 6 heteroatoms. The molecule has 6 nitrogen and oxygen atoms in total. The van der Waals surface area contributed by atoms with Crippen LogP contribution in [0, 0.1) is 0 Å². The van der Waals surface area contributed by atoms with Crippen LogP contribution in [-0.4, -0.2) is 49.0 Å². The van der Waals surface area contributed by atoms with Crippen LogP contribution in [0.15, 0.2) is 91.0 Å². The van der Waals surface area contributed by atoms with Gasteiger partial charge in [-0.15, -0.1) is 0 Å². The van der Waals surface area contributed by atoms with Crippen molar-refractivity contribution in [1.29, 1.82) is 0 Å². The Bertz CT molecular complexity index is 968. The summed E-state index contributed by atoms with van der Waals surface area (Å²) in [5.74, 6) is 0. The molecule has 1 saturated heterocycles. The lowest BCUT2D eigenvalue weighted by atomic mass is 10.1. The molecule has 1 aliphatic heterocycles. The van der Waals surface area contributed by atoms with E-state index in [1.54, 1.807) is 0 Å². The Morgan fingerprint density at radius 3 is 1.86 bits per heavy atom. The zero-order valence-electron chi connectivity index (χ0n) is 20.1. The van der Waals surface area contributed by atoms with Crippen LogP contribution in [0.3, 0.4) is 0 Å². The molecule has 5 atom stereocenters. The van der Waals surface area contributed by atoms with Crippen LogP contribution in [0.5, 0.6) is 0 Å². The van der Waals surface area contributed by atoms with Gasteiger partial charge in [0.15, 0.2) is 6.29 Å². The van der Waals surface area contributed by atoms with Gasteiger partial charge in [-0.25, -0.2) is 0 Å². The smallest absolute Gasteiger partial charge is 0.186 e. The second-order valence-electron chi connectivity index (χ2n) is 8.51. The van der Waals surface area contributed by atoms with Crippen molar-refractivity contribution in [3.8, 4) is 0 Å². The molecular formula is C29H34O6. The van der Waals surface area contributed by atoms with Gasteiger partial charge in [-0.2, -0.15) is 0 Å². The standard InChI is InChI=1S/C29H34O6/c1-2-32-29-26(30)28(34-20-24-16-10-5-11-17-24)27(35-29)25(33-19-23-14-8-4-9-15-23)21-31-18-22-12-6-3-7-13-22/h3-17,25-30H,2,18-21H2,1H3/t25-,26-,27+,28-,29?/m1/s1. The monoisotopic (exact) mass is 478 g/mol. The summed E-state index contributed by atoms with van der Waals surface area (Å²) in [6, 6.07) is 29.8. The van der Waals surface area contributed by atoms with E-state index in [0.29, 0.717) is 26.4 Å². The summed E-state index contributed by atoms with van der Waals surface area (Å²) in [6.07, 6.45) is -3.40. The minimum atomic E-state index is -0.944. The number of rotatable bonds is 13. The predicted octanol–water partition coefficient (Wildman–Crippen LogP) is 4.50. The Morgan fingerprint density at radius 1 is 0.743 bits per heavy atom. The van der Waals surface area contributed by atoms with Crippen molar-refractivity contribution in [2.24, 2.45) is 0 Å². The highest BCUT2D eigenvalue weighted by atomic mass is 16.7. The third-order valence-corrected chi connectivity index (χ3v) is 5.91. The number of aliphatic hydroxyl groups excluding tert-OH is 1. The van der Waals surface area contributed by atoms with E-state index in [4.69, 9.17) is 23.7 Å². The molecule has 0 aromatic heterocycles.